The molecule has 0 N–H and O–H groups in total. The molecular formula is C7H13IO2. The van der Waals surface area contributed by atoms with Crippen LogP contribution in [0.1, 0.15) is 26.2 Å². The number of alkyl halides is 1. The second kappa shape index (κ2) is 7.31. The zero-order valence-corrected chi connectivity index (χ0v) is 8.39. The molecule has 0 saturated carbocycles. The zero-order valence-electron chi connectivity index (χ0n) is 6.23. The largest absolute Gasteiger partial charge is 0.466 e. The lowest BCUT2D eigenvalue weighted by atomic mass is 10.3. The van der Waals surface area contributed by atoms with E-state index in [1.165, 1.54) is 17.8 Å². The minimum Gasteiger partial charge on any atom is -0.466 e. The van der Waals surface area contributed by atoms with Crippen LogP contribution in [-0.2, 0) is 9.53 Å². The molecule has 0 radical (unpaired) electrons. The van der Waals surface area contributed by atoms with Gasteiger partial charge in [-0.3, -0.25) is 4.79 Å². The highest BCUT2D eigenvalue weighted by Crippen LogP contribution is 1.98. The molecule has 0 aliphatic heterocycles. The monoisotopic (exact) mass is 256 g/mol. The van der Waals surface area contributed by atoms with Gasteiger partial charge in [0.15, 0.2) is 0 Å². The maximum atomic E-state index is 10.3. The van der Waals surface area contributed by atoms with Gasteiger partial charge in [-0.05, 0) is 23.7 Å². The molecule has 0 aromatic rings. The van der Waals surface area contributed by atoms with Crippen LogP contribution in [-0.4, -0.2) is 17.0 Å². The van der Waals surface area contributed by atoms with E-state index < -0.39 is 0 Å². The van der Waals surface area contributed by atoms with Crippen molar-refractivity contribution in [1.82, 2.24) is 0 Å². The lowest BCUT2D eigenvalue weighted by Gasteiger charge is -1.99. The van der Waals surface area contributed by atoms with E-state index in [1.807, 2.05) is 0 Å². The number of carbonyl (C=O) groups is 1. The first-order chi connectivity index (χ1) is 4.77. The van der Waals surface area contributed by atoms with Crippen LogP contribution in [0.3, 0.4) is 0 Å². The Morgan fingerprint density at radius 1 is 1.40 bits per heavy atom. The van der Waals surface area contributed by atoms with Crippen LogP contribution >= 0.6 is 22.6 Å². The number of carbonyl (C=O) groups excluding carboxylic acids is 1. The van der Waals surface area contributed by atoms with Gasteiger partial charge >= 0.3 is 5.97 Å². The Kier molecular flexibility index (Phi) is 7.45. The first kappa shape index (κ1) is 10.2. The van der Waals surface area contributed by atoms with E-state index in [-0.39, 0.29) is 5.97 Å². The fourth-order valence-corrected chi connectivity index (χ4v) is 1.13. The smallest absolute Gasteiger partial charge is 0.302 e. The Bertz CT molecular complexity index is 93.6. The normalized spacial score (nSPS) is 9.40. The molecule has 0 bridgehead atoms. The molecule has 0 spiro atoms. The van der Waals surface area contributed by atoms with Crippen LogP contribution in [0.2, 0.25) is 0 Å². The number of esters is 1. The van der Waals surface area contributed by atoms with E-state index in [0.717, 1.165) is 12.8 Å². The van der Waals surface area contributed by atoms with E-state index in [4.69, 9.17) is 4.74 Å². The topological polar surface area (TPSA) is 26.3 Å². The van der Waals surface area contributed by atoms with Crippen molar-refractivity contribution in [3.8, 4) is 0 Å². The Morgan fingerprint density at radius 3 is 2.60 bits per heavy atom. The van der Waals surface area contributed by atoms with E-state index >= 15 is 0 Å². The molecule has 60 valence electrons. The molecule has 0 aliphatic carbocycles. The van der Waals surface area contributed by atoms with E-state index in [1.54, 1.807) is 0 Å². The Labute approximate surface area is 75.5 Å². The van der Waals surface area contributed by atoms with E-state index in [2.05, 4.69) is 22.6 Å². The molecule has 10 heavy (non-hydrogen) atoms. The van der Waals surface area contributed by atoms with Crippen molar-refractivity contribution in [2.24, 2.45) is 0 Å². The van der Waals surface area contributed by atoms with E-state index in [9.17, 15) is 4.79 Å². The Balaban J connectivity index is 2.84. The van der Waals surface area contributed by atoms with Gasteiger partial charge in [-0.1, -0.05) is 22.6 Å². The van der Waals surface area contributed by atoms with Crippen LogP contribution in [0.5, 0.6) is 0 Å². The number of hydrogen-bond donors (Lipinski definition) is 0. The Hall–Kier alpha value is 0.200. The predicted molar refractivity (Wildman–Crippen MR) is 49.4 cm³/mol. The predicted octanol–water partition coefficient (Wildman–Crippen LogP) is 2.15. The van der Waals surface area contributed by atoms with Crippen LogP contribution in [0.25, 0.3) is 0 Å². The van der Waals surface area contributed by atoms with Gasteiger partial charge < -0.3 is 4.74 Å². The van der Waals surface area contributed by atoms with Crippen LogP contribution in [0, 0.1) is 0 Å². The summed E-state index contributed by atoms with van der Waals surface area (Å²) in [5.41, 5.74) is 0. The second-order valence-corrected chi connectivity index (χ2v) is 3.17. The third-order valence-corrected chi connectivity index (χ3v) is 1.85. The highest BCUT2D eigenvalue weighted by atomic mass is 127. The van der Waals surface area contributed by atoms with Crippen LogP contribution in [0.15, 0.2) is 0 Å². The molecule has 0 unspecified atom stereocenters. The third-order valence-electron chi connectivity index (χ3n) is 1.08. The van der Waals surface area contributed by atoms with Gasteiger partial charge in [0.2, 0.25) is 0 Å². The molecule has 0 fully saturated rings. The summed E-state index contributed by atoms with van der Waals surface area (Å²) in [5, 5.41) is 0. The summed E-state index contributed by atoms with van der Waals surface area (Å²) in [6.45, 7) is 2.03. The van der Waals surface area contributed by atoms with Crippen molar-refractivity contribution < 1.29 is 9.53 Å². The van der Waals surface area contributed by atoms with Crippen molar-refractivity contribution in [3.63, 3.8) is 0 Å². The number of rotatable bonds is 5. The average Bonchev–Trinajstić information content (AvgIpc) is 1.87. The minimum absolute atomic E-state index is 0.172. The lowest BCUT2D eigenvalue weighted by Crippen LogP contribution is -2.00. The number of halogens is 1. The quantitative estimate of drug-likeness (QED) is 0.326. The zero-order chi connectivity index (χ0) is 7.82. The summed E-state index contributed by atoms with van der Waals surface area (Å²) in [6.07, 6.45) is 3.39. The van der Waals surface area contributed by atoms with Crippen LogP contribution < -0.4 is 0 Å². The highest BCUT2D eigenvalue weighted by molar-refractivity contribution is 14.1. The van der Waals surface area contributed by atoms with Gasteiger partial charge in [-0.25, -0.2) is 0 Å². The average molecular weight is 256 g/mol. The fourth-order valence-electron chi connectivity index (χ4n) is 0.589. The van der Waals surface area contributed by atoms with Crippen molar-refractivity contribution in [2.75, 3.05) is 11.0 Å². The van der Waals surface area contributed by atoms with Gasteiger partial charge in [0.1, 0.15) is 0 Å². The Morgan fingerprint density at radius 2 is 2.10 bits per heavy atom. The van der Waals surface area contributed by atoms with Crippen molar-refractivity contribution in [2.45, 2.75) is 26.2 Å². The highest BCUT2D eigenvalue weighted by Gasteiger charge is 1.91. The van der Waals surface area contributed by atoms with Gasteiger partial charge in [-0.2, -0.15) is 0 Å². The molecule has 0 rings (SSSR count). The molecule has 0 amide bonds. The third kappa shape index (κ3) is 8.20. The molecule has 0 aromatic carbocycles. The van der Waals surface area contributed by atoms with Crippen molar-refractivity contribution in [3.05, 3.63) is 0 Å². The molecule has 0 heterocycles. The SMILES string of the molecule is CC(=O)OCCCCCI. The second-order valence-electron chi connectivity index (χ2n) is 2.09. The van der Waals surface area contributed by atoms with Crippen molar-refractivity contribution >= 4 is 28.6 Å². The summed E-state index contributed by atoms with van der Waals surface area (Å²) >= 11 is 2.34. The molecule has 0 aliphatic rings. The summed E-state index contributed by atoms with van der Waals surface area (Å²) in [4.78, 5) is 10.3. The fraction of sp³-hybridized carbons (Fsp3) is 0.857. The molecular weight excluding hydrogens is 243 g/mol. The van der Waals surface area contributed by atoms with E-state index in [0.29, 0.717) is 6.61 Å². The number of unbranched alkanes of at least 4 members (excludes halogenated alkanes) is 2. The molecule has 0 atom stereocenters. The number of ether oxygens (including phenoxy) is 1. The van der Waals surface area contributed by atoms with Crippen LogP contribution in [0.4, 0.5) is 0 Å². The maximum Gasteiger partial charge on any atom is 0.302 e. The molecule has 3 heteroatoms. The van der Waals surface area contributed by atoms with Gasteiger partial charge in [0.25, 0.3) is 0 Å². The summed E-state index contributed by atoms with van der Waals surface area (Å²) in [6, 6.07) is 0. The first-order valence-electron chi connectivity index (χ1n) is 3.46. The standard InChI is InChI=1S/C7H13IO2/c1-7(9)10-6-4-2-3-5-8/h2-6H2,1H3. The van der Waals surface area contributed by atoms with Gasteiger partial charge in [0.05, 0.1) is 6.61 Å². The van der Waals surface area contributed by atoms with Gasteiger partial charge in [-0.15, -0.1) is 0 Å². The van der Waals surface area contributed by atoms with Gasteiger partial charge in [0, 0.05) is 6.92 Å². The molecule has 0 aromatic heterocycles. The summed E-state index contributed by atoms with van der Waals surface area (Å²) in [7, 11) is 0. The number of hydrogen-bond acceptors (Lipinski definition) is 2. The minimum atomic E-state index is -0.172. The van der Waals surface area contributed by atoms with Crippen molar-refractivity contribution in [1.29, 1.82) is 0 Å². The maximum absolute atomic E-state index is 10.3. The summed E-state index contributed by atoms with van der Waals surface area (Å²) < 4.78 is 5.94. The lowest BCUT2D eigenvalue weighted by molar-refractivity contribution is -0.141. The molecule has 2 nitrogen and oxygen atoms in total. The first-order valence-corrected chi connectivity index (χ1v) is 4.99. The molecule has 0 saturated heterocycles. The summed E-state index contributed by atoms with van der Waals surface area (Å²) in [5.74, 6) is -0.172.